The lowest BCUT2D eigenvalue weighted by Gasteiger charge is -2.26. The van der Waals surface area contributed by atoms with Crippen molar-refractivity contribution in [1.29, 1.82) is 0 Å². The molecule has 0 spiro atoms. The van der Waals surface area contributed by atoms with Crippen LogP contribution in [0.4, 0.5) is 0 Å². The van der Waals surface area contributed by atoms with Crippen LogP contribution < -0.4 is 23.7 Å². The molecule has 0 radical (unpaired) electrons. The van der Waals surface area contributed by atoms with Gasteiger partial charge in [0, 0.05) is 6.08 Å². The van der Waals surface area contributed by atoms with E-state index in [-0.39, 0.29) is 110 Å². The molecule has 3 aromatic rings. The van der Waals surface area contributed by atoms with E-state index in [0.29, 0.717) is 56.9 Å². The average Bonchev–Trinajstić information content (AvgIpc) is 3.45. The summed E-state index contributed by atoms with van der Waals surface area (Å²) in [6, 6.07) is 14.3. The van der Waals surface area contributed by atoms with Gasteiger partial charge in [-0.1, -0.05) is 65.8 Å². The smallest absolute Gasteiger partial charge is 0.343 e. The highest BCUT2D eigenvalue weighted by Crippen LogP contribution is 2.34. The standard InChI is InChI=1S/C60H72O18/c1-7-16-42(6)39-74-60(68)51-37-49(29-31-53(51)78-58(66)45-24-26-47(27-25-45)71-34-13-14-35-72-54(62)10-4)76-57(65)44-22-20-43(21-23-44)56(64)75-48-28-30-52(50(36-48)59(67)73-38-41(5)9-3)77-55(63)19-15-18-46(17-8-2)70-33-12-11-32-69-40-61/h8,10,15,17-18,24-31,36-37,40-44H,2,4,7,9,11-14,16,19-23,32-35,38-39H2,1,3,5-6H3/b18-15-,46-17+. The van der Waals surface area contributed by atoms with Gasteiger partial charge in [-0.05, 0) is 142 Å². The highest BCUT2D eigenvalue weighted by molar-refractivity contribution is 5.97. The fourth-order valence-corrected chi connectivity index (χ4v) is 7.59. The highest BCUT2D eigenvalue weighted by atomic mass is 16.6. The number of allylic oxidation sites excluding steroid dienone is 3. The zero-order valence-electron chi connectivity index (χ0n) is 45.0. The van der Waals surface area contributed by atoms with Crippen molar-refractivity contribution in [1.82, 2.24) is 0 Å². The average molecular weight is 1080 g/mol. The molecule has 420 valence electrons. The van der Waals surface area contributed by atoms with Gasteiger partial charge in [-0.3, -0.25) is 19.2 Å². The number of unbranched alkanes of at least 4 members (excludes halogenated alkanes) is 2. The number of hydrogen-bond acceptors (Lipinski definition) is 18. The first kappa shape index (κ1) is 62.5. The van der Waals surface area contributed by atoms with Gasteiger partial charge in [0.15, 0.2) is 0 Å². The summed E-state index contributed by atoms with van der Waals surface area (Å²) >= 11 is 0. The van der Waals surface area contributed by atoms with Gasteiger partial charge in [0.1, 0.15) is 45.6 Å². The Kier molecular flexibility index (Phi) is 27.7. The van der Waals surface area contributed by atoms with E-state index in [1.807, 2.05) is 27.7 Å². The topological polar surface area (TPSA) is 229 Å². The van der Waals surface area contributed by atoms with Crippen LogP contribution in [0, 0.1) is 23.7 Å². The Balaban J connectivity index is 1.37. The maximum atomic E-state index is 13.6. The lowest BCUT2D eigenvalue weighted by molar-refractivity contribution is -0.145. The second-order valence-corrected chi connectivity index (χ2v) is 18.6. The molecule has 0 saturated heterocycles. The van der Waals surface area contributed by atoms with Gasteiger partial charge < -0.3 is 47.4 Å². The normalized spacial score (nSPS) is 14.8. The van der Waals surface area contributed by atoms with Gasteiger partial charge >= 0.3 is 41.8 Å². The first-order valence-electron chi connectivity index (χ1n) is 26.4. The van der Waals surface area contributed by atoms with Crippen molar-refractivity contribution in [2.24, 2.45) is 23.7 Å². The van der Waals surface area contributed by atoms with Gasteiger partial charge in [0.05, 0.1) is 63.5 Å². The largest absolute Gasteiger partial charge is 0.494 e. The van der Waals surface area contributed by atoms with E-state index in [1.54, 1.807) is 24.3 Å². The number of ether oxygens (including phenoxy) is 10. The van der Waals surface area contributed by atoms with Crippen LogP contribution in [0.5, 0.6) is 28.7 Å². The summed E-state index contributed by atoms with van der Waals surface area (Å²) in [7, 11) is 0. The predicted octanol–water partition coefficient (Wildman–Crippen LogP) is 10.8. The van der Waals surface area contributed by atoms with Crippen molar-refractivity contribution < 1.29 is 85.7 Å². The maximum absolute atomic E-state index is 13.6. The first-order valence-corrected chi connectivity index (χ1v) is 26.4. The summed E-state index contributed by atoms with van der Waals surface area (Å²) in [5.74, 6) is -4.96. The van der Waals surface area contributed by atoms with Crippen LogP contribution in [0.3, 0.4) is 0 Å². The molecule has 0 aromatic heterocycles. The molecule has 2 atom stereocenters. The number of carbonyl (C=O) groups excluding carboxylic acids is 8. The van der Waals surface area contributed by atoms with Crippen LogP contribution in [-0.2, 0) is 47.7 Å². The molecule has 0 bridgehead atoms. The predicted molar refractivity (Wildman–Crippen MR) is 286 cm³/mol. The molecule has 1 fully saturated rings. The maximum Gasteiger partial charge on any atom is 0.343 e. The van der Waals surface area contributed by atoms with Gasteiger partial charge in [-0.2, -0.15) is 0 Å². The molecule has 0 heterocycles. The molecule has 1 saturated carbocycles. The van der Waals surface area contributed by atoms with Crippen LogP contribution in [0.15, 0.2) is 110 Å². The molecule has 3 aromatic carbocycles. The third-order valence-electron chi connectivity index (χ3n) is 12.2. The quantitative estimate of drug-likeness (QED) is 0.00791. The lowest BCUT2D eigenvalue weighted by atomic mass is 9.82. The molecule has 1 aliphatic carbocycles. The van der Waals surface area contributed by atoms with Crippen molar-refractivity contribution >= 4 is 48.3 Å². The molecule has 0 aliphatic heterocycles. The Bertz CT molecular complexity index is 2550. The minimum absolute atomic E-state index is 0.0193. The van der Waals surface area contributed by atoms with Gasteiger partial charge in [0.2, 0.25) is 0 Å². The van der Waals surface area contributed by atoms with Crippen LogP contribution in [-0.4, -0.2) is 87.9 Å². The van der Waals surface area contributed by atoms with E-state index in [1.165, 1.54) is 60.7 Å². The van der Waals surface area contributed by atoms with Crippen LogP contribution in [0.1, 0.15) is 136 Å². The molecular weight excluding hydrogens is 1010 g/mol. The van der Waals surface area contributed by atoms with Gasteiger partial charge in [0.25, 0.3) is 6.47 Å². The van der Waals surface area contributed by atoms with E-state index in [4.69, 9.17) is 42.6 Å². The van der Waals surface area contributed by atoms with E-state index < -0.39 is 53.6 Å². The molecule has 1 aliphatic rings. The molecule has 78 heavy (non-hydrogen) atoms. The van der Waals surface area contributed by atoms with Crippen LogP contribution in [0.2, 0.25) is 0 Å². The van der Waals surface area contributed by atoms with Gasteiger partial charge in [-0.25, -0.2) is 19.2 Å². The summed E-state index contributed by atoms with van der Waals surface area (Å²) in [6.07, 6.45) is 13.2. The van der Waals surface area contributed by atoms with Crippen molar-refractivity contribution in [2.45, 2.75) is 105 Å². The second-order valence-electron chi connectivity index (χ2n) is 18.6. The fourth-order valence-electron chi connectivity index (χ4n) is 7.59. The minimum atomic E-state index is -0.778. The minimum Gasteiger partial charge on any atom is -0.494 e. The summed E-state index contributed by atoms with van der Waals surface area (Å²) < 4.78 is 55.0. The molecule has 4 rings (SSSR count). The summed E-state index contributed by atoms with van der Waals surface area (Å²) in [4.78, 5) is 102. The zero-order chi connectivity index (χ0) is 56.7. The van der Waals surface area contributed by atoms with Crippen molar-refractivity contribution in [3.8, 4) is 28.7 Å². The summed E-state index contributed by atoms with van der Waals surface area (Å²) in [6.45, 7) is 16.7. The molecule has 0 N–H and O–H groups in total. The number of hydrogen-bond donors (Lipinski definition) is 0. The van der Waals surface area contributed by atoms with Crippen LogP contribution >= 0.6 is 0 Å². The van der Waals surface area contributed by atoms with Gasteiger partial charge in [-0.15, -0.1) is 0 Å². The third kappa shape index (κ3) is 22.3. The second kappa shape index (κ2) is 34.6. The Morgan fingerprint density at radius 1 is 0.615 bits per heavy atom. The molecule has 18 nitrogen and oxygen atoms in total. The Morgan fingerprint density at radius 2 is 1.15 bits per heavy atom. The van der Waals surface area contributed by atoms with E-state index in [0.717, 1.165) is 25.3 Å². The first-order chi connectivity index (χ1) is 37.7. The van der Waals surface area contributed by atoms with Crippen molar-refractivity contribution in [3.63, 3.8) is 0 Å². The Labute approximate surface area is 456 Å². The van der Waals surface area contributed by atoms with E-state index >= 15 is 0 Å². The summed E-state index contributed by atoms with van der Waals surface area (Å²) in [5, 5.41) is 0. The van der Waals surface area contributed by atoms with Crippen molar-refractivity contribution in [3.05, 3.63) is 127 Å². The molecule has 2 unspecified atom stereocenters. The Morgan fingerprint density at radius 3 is 1.71 bits per heavy atom. The number of esters is 7. The number of carbonyl (C=O) groups is 8. The zero-order valence-corrected chi connectivity index (χ0v) is 45.0. The summed E-state index contributed by atoms with van der Waals surface area (Å²) in [5.41, 5.74) is -0.0723. The lowest BCUT2D eigenvalue weighted by Crippen LogP contribution is -2.30. The molecule has 18 heteroatoms. The fraction of sp³-hybridized carbons (Fsp3) is 0.433. The molecular formula is C60H72O18. The number of benzene rings is 3. The van der Waals surface area contributed by atoms with E-state index in [9.17, 15) is 38.4 Å². The monoisotopic (exact) mass is 1080 g/mol. The van der Waals surface area contributed by atoms with Crippen LogP contribution in [0.25, 0.3) is 0 Å². The third-order valence-corrected chi connectivity index (χ3v) is 12.2. The SMILES string of the molecule is C=C/C=C(\C=C/CC(=O)Oc1ccc(OC(=O)C2CCC(C(=O)Oc3ccc(OC(=O)c4ccc(OCCCCOC(=O)C=C)cc4)c(C(=O)OCC(C)CCC)c3)CC2)cc1C(=O)OCC(C)CC)OCCCCOC=O. The Hall–Kier alpha value is -8.02. The highest BCUT2D eigenvalue weighted by Gasteiger charge is 2.33. The number of rotatable bonds is 34. The molecule has 0 amide bonds. The van der Waals surface area contributed by atoms with Crippen molar-refractivity contribution in [2.75, 3.05) is 39.6 Å². The van der Waals surface area contributed by atoms with E-state index in [2.05, 4.69) is 17.9 Å².